The fraction of sp³-hybridized carbons (Fsp3) is 0.857. The van der Waals surface area contributed by atoms with Crippen LogP contribution in [0.25, 0.3) is 0 Å². The highest BCUT2D eigenvalue weighted by molar-refractivity contribution is 5.07. The van der Waals surface area contributed by atoms with Crippen molar-refractivity contribution in [1.82, 2.24) is 10.1 Å². The van der Waals surface area contributed by atoms with Gasteiger partial charge in [-0.2, -0.15) is 18.2 Å². The Morgan fingerprint density at radius 3 is 2.38 bits per heavy atom. The van der Waals surface area contributed by atoms with E-state index < -0.39 is 17.6 Å². The van der Waals surface area contributed by atoms with E-state index in [0.717, 1.165) is 32.6 Å². The maximum absolute atomic E-state index is 12.9. The Morgan fingerprint density at radius 1 is 1.24 bits per heavy atom. The molecule has 1 heterocycles. The quantitative estimate of drug-likeness (QED) is 0.916. The van der Waals surface area contributed by atoms with Crippen LogP contribution in [0, 0.1) is 5.92 Å². The second-order valence-corrected chi connectivity index (χ2v) is 6.16. The highest BCUT2D eigenvalue weighted by atomic mass is 19.4. The SMILES string of the molecule is CCCC1CCC(c2noc(C(C)(N)C(F)(F)F)n2)CC1. The van der Waals surface area contributed by atoms with E-state index in [9.17, 15) is 13.2 Å². The maximum Gasteiger partial charge on any atom is 0.415 e. The van der Waals surface area contributed by atoms with Crippen LogP contribution in [0.15, 0.2) is 4.52 Å². The number of rotatable bonds is 4. The number of aromatic nitrogens is 2. The van der Waals surface area contributed by atoms with Gasteiger partial charge >= 0.3 is 6.18 Å². The summed E-state index contributed by atoms with van der Waals surface area (Å²) in [6.45, 7) is 3.01. The summed E-state index contributed by atoms with van der Waals surface area (Å²) in [4.78, 5) is 3.92. The molecular formula is C14H22F3N3O. The van der Waals surface area contributed by atoms with E-state index in [1.807, 2.05) is 0 Å². The van der Waals surface area contributed by atoms with E-state index in [4.69, 9.17) is 10.3 Å². The fourth-order valence-corrected chi connectivity index (χ4v) is 2.85. The van der Waals surface area contributed by atoms with Crippen LogP contribution in [0.4, 0.5) is 13.2 Å². The summed E-state index contributed by atoms with van der Waals surface area (Å²) in [6.07, 6.45) is 1.70. The average molecular weight is 305 g/mol. The number of nitrogens with two attached hydrogens (primary N) is 1. The van der Waals surface area contributed by atoms with Crippen molar-refractivity contribution >= 4 is 0 Å². The Hall–Kier alpha value is -1.11. The molecule has 4 nitrogen and oxygen atoms in total. The molecule has 0 aliphatic heterocycles. The molecule has 1 aromatic heterocycles. The molecule has 120 valence electrons. The zero-order valence-electron chi connectivity index (χ0n) is 12.4. The van der Waals surface area contributed by atoms with Crippen molar-refractivity contribution in [2.24, 2.45) is 11.7 Å². The van der Waals surface area contributed by atoms with Crippen LogP contribution in [0.5, 0.6) is 0 Å². The molecule has 0 amide bonds. The van der Waals surface area contributed by atoms with Crippen molar-refractivity contribution in [2.45, 2.75) is 70.0 Å². The third-order valence-corrected chi connectivity index (χ3v) is 4.38. The van der Waals surface area contributed by atoms with Gasteiger partial charge in [0.05, 0.1) is 0 Å². The molecule has 1 atom stereocenters. The second kappa shape index (κ2) is 5.94. The van der Waals surface area contributed by atoms with E-state index in [1.54, 1.807) is 0 Å². The molecule has 0 radical (unpaired) electrons. The zero-order chi connectivity index (χ0) is 15.7. The molecule has 0 spiro atoms. The number of hydrogen-bond acceptors (Lipinski definition) is 4. The van der Waals surface area contributed by atoms with Gasteiger partial charge in [-0.05, 0) is 38.5 Å². The van der Waals surface area contributed by atoms with E-state index in [1.165, 1.54) is 12.8 Å². The van der Waals surface area contributed by atoms with Crippen molar-refractivity contribution in [3.8, 4) is 0 Å². The lowest BCUT2D eigenvalue weighted by Crippen LogP contribution is -2.48. The van der Waals surface area contributed by atoms with Crippen LogP contribution in [-0.2, 0) is 5.54 Å². The second-order valence-electron chi connectivity index (χ2n) is 6.16. The molecule has 1 fully saturated rings. The van der Waals surface area contributed by atoms with E-state index >= 15 is 0 Å². The van der Waals surface area contributed by atoms with Crippen LogP contribution >= 0.6 is 0 Å². The van der Waals surface area contributed by atoms with Crippen molar-refractivity contribution in [2.75, 3.05) is 0 Å². The first-order valence-electron chi connectivity index (χ1n) is 7.45. The molecule has 1 aliphatic carbocycles. The van der Waals surface area contributed by atoms with Crippen LogP contribution in [-0.4, -0.2) is 16.3 Å². The average Bonchev–Trinajstić information content (AvgIpc) is 2.89. The normalized spacial score (nSPS) is 26.6. The largest absolute Gasteiger partial charge is 0.415 e. The Labute approximate surface area is 122 Å². The molecule has 2 rings (SSSR count). The molecule has 0 aromatic carbocycles. The molecule has 7 heteroatoms. The third-order valence-electron chi connectivity index (χ3n) is 4.38. The molecule has 21 heavy (non-hydrogen) atoms. The zero-order valence-corrected chi connectivity index (χ0v) is 12.4. The van der Waals surface area contributed by atoms with Crippen LogP contribution in [0.2, 0.25) is 0 Å². The van der Waals surface area contributed by atoms with Crippen molar-refractivity contribution in [3.05, 3.63) is 11.7 Å². The number of nitrogens with zero attached hydrogens (tertiary/aromatic N) is 2. The number of halogens is 3. The Balaban J connectivity index is 2.05. The summed E-state index contributed by atoms with van der Waals surface area (Å²) in [7, 11) is 0. The first-order valence-corrected chi connectivity index (χ1v) is 7.45. The van der Waals surface area contributed by atoms with Gasteiger partial charge in [0.1, 0.15) is 0 Å². The first-order chi connectivity index (χ1) is 9.75. The van der Waals surface area contributed by atoms with Crippen LogP contribution in [0.1, 0.15) is 70.0 Å². The Bertz CT molecular complexity index is 462. The predicted octanol–water partition coefficient (Wildman–Crippen LogP) is 3.88. The van der Waals surface area contributed by atoms with Gasteiger partial charge in [0.2, 0.25) is 0 Å². The number of alkyl halides is 3. The van der Waals surface area contributed by atoms with Gasteiger partial charge in [-0.25, -0.2) is 0 Å². The smallest absolute Gasteiger partial charge is 0.337 e. The van der Waals surface area contributed by atoms with Gasteiger partial charge in [0.25, 0.3) is 5.89 Å². The van der Waals surface area contributed by atoms with Crippen molar-refractivity contribution in [1.29, 1.82) is 0 Å². The minimum atomic E-state index is -4.62. The maximum atomic E-state index is 12.9. The third kappa shape index (κ3) is 3.39. The van der Waals surface area contributed by atoms with E-state index in [0.29, 0.717) is 11.7 Å². The van der Waals surface area contributed by atoms with Gasteiger partial charge in [0, 0.05) is 5.92 Å². The van der Waals surface area contributed by atoms with Gasteiger partial charge in [0.15, 0.2) is 11.4 Å². The summed E-state index contributed by atoms with van der Waals surface area (Å²) >= 11 is 0. The van der Waals surface area contributed by atoms with Gasteiger partial charge in [-0.1, -0.05) is 24.9 Å². The Kier molecular flexibility index (Phi) is 4.60. The molecule has 0 saturated heterocycles. The molecule has 0 bridgehead atoms. The monoisotopic (exact) mass is 305 g/mol. The van der Waals surface area contributed by atoms with Crippen LogP contribution < -0.4 is 5.73 Å². The predicted molar refractivity (Wildman–Crippen MR) is 71.5 cm³/mol. The molecular weight excluding hydrogens is 283 g/mol. The van der Waals surface area contributed by atoms with Gasteiger partial charge < -0.3 is 10.3 Å². The lowest BCUT2D eigenvalue weighted by Gasteiger charge is -2.26. The molecule has 1 aromatic rings. The molecule has 1 unspecified atom stereocenters. The summed E-state index contributed by atoms with van der Waals surface area (Å²) in [5.74, 6) is 0.605. The van der Waals surface area contributed by atoms with Gasteiger partial charge in [-0.3, -0.25) is 0 Å². The van der Waals surface area contributed by atoms with E-state index in [-0.39, 0.29) is 5.92 Å². The van der Waals surface area contributed by atoms with E-state index in [2.05, 4.69) is 17.1 Å². The summed E-state index contributed by atoms with van der Waals surface area (Å²) < 4.78 is 43.3. The van der Waals surface area contributed by atoms with Crippen molar-refractivity contribution < 1.29 is 17.7 Å². The standard InChI is InChI=1S/C14H22F3N3O/c1-3-4-9-5-7-10(8-6-9)11-19-12(21-20-11)13(2,18)14(15,16)17/h9-10H,3-8,18H2,1-2H3. The van der Waals surface area contributed by atoms with Crippen LogP contribution in [0.3, 0.4) is 0 Å². The minimum Gasteiger partial charge on any atom is -0.337 e. The summed E-state index contributed by atoms with van der Waals surface area (Å²) in [5.41, 5.74) is 2.70. The topological polar surface area (TPSA) is 64.9 Å². The number of hydrogen-bond donors (Lipinski definition) is 1. The van der Waals surface area contributed by atoms with Crippen molar-refractivity contribution in [3.63, 3.8) is 0 Å². The van der Waals surface area contributed by atoms with Gasteiger partial charge in [-0.15, -0.1) is 0 Å². The summed E-state index contributed by atoms with van der Waals surface area (Å²) in [5, 5.41) is 3.72. The minimum absolute atomic E-state index is 0.0830. The molecule has 1 saturated carbocycles. The lowest BCUT2D eigenvalue weighted by atomic mass is 9.80. The molecule has 1 aliphatic rings. The summed E-state index contributed by atoms with van der Waals surface area (Å²) in [6, 6.07) is 0. The highest BCUT2D eigenvalue weighted by Gasteiger charge is 2.53. The Morgan fingerprint density at radius 2 is 1.86 bits per heavy atom. The first kappa shape index (κ1) is 16.3. The molecule has 2 N–H and O–H groups in total. The highest BCUT2D eigenvalue weighted by Crippen LogP contribution is 2.39. The fourth-order valence-electron chi connectivity index (χ4n) is 2.85. The lowest BCUT2D eigenvalue weighted by molar-refractivity contribution is -0.190.